The van der Waals surface area contributed by atoms with Gasteiger partial charge in [-0.1, -0.05) is 35.5 Å². The van der Waals surface area contributed by atoms with Crippen LogP contribution in [0.5, 0.6) is 0 Å². The number of hydrogen-bond donors (Lipinski definition) is 2. The Hall–Kier alpha value is -1.59. The number of hydrogen-bond acceptors (Lipinski definition) is 4. The molecule has 0 radical (unpaired) electrons. The number of aromatic nitrogens is 2. The number of benzene rings is 1. The summed E-state index contributed by atoms with van der Waals surface area (Å²) in [6.07, 6.45) is 0. The van der Waals surface area contributed by atoms with Gasteiger partial charge in [0.25, 0.3) is 5.56 Å². The van der Waals surface area contributed by atoms with Crippen molar-refractivity contribution in [1.82, 2.24) is 9.97 Å². The maximum absolute atomic E-state index is 11.4. The molecule has 1 unspecified atom stereocenters. The summed E-state index contributed by atoms with van der Waals surface area (Å²) < 4.78 is 0. The van der Waals surface area contributed by atoms with Gasteiger partial charge < -0.3 is 10.7 Å². The highest BCUT2D eigenvalue weighted by atomic mass is 32.2. The van der Waals surface area contributed by atoms with Gasteiger partial charge in [-0.3, -0.25) is 4.79 Å². The minimum Gasteiger partial charge on any atom is -0.323 e. The summed E-state index contributed by atoms with van der Waals surface area (Å²) in [7, 11) is 0. The molecule has 4 nitrogen and oxygen atoms in total. The summed E-state index contributed by atoms with van der Waals surface area (Å²) in [6, 6.07) is 7.68. The largest absolute Gasteiger partial charge is 0.323 e. The molecule has 0 aliphatic heterocycles. The van der Waals surface area contributed by atoms with Crippen LogP contribution in [-0.4, -0.2) is 15.7 Å². The highest BCUT2D eigenvalue weighted by molar-refractivity contribution is 7.99. The summed E-state index contributed by atoms with van der Waals surface area (Å²) in [4.78, 5) is 18.4. The first kappa shape index (κ1) is 14.8. The number of H-pyrrole nitrogens is 1. The van der Waals surface area contributed by atoms with Crippen molar-refractivity contribution < 1.29 is 0 Å². The summed E-state index contributed by atoms with van der Waals surface area (Å²) in [5, 5.41) is 0.621. The van der Waals surface area contributed by atoms with E-state index >= 15 is 0 Å². The van der Waals surface area contributed by atoms with Crippen molar-refractivity contribution in [3.05, 3.63) is 57.0 Å². The van der Waals surface area contributed by atoms with Crippen LogP contribution in [0.2, 0.25) is 0 Å². The van der Waals surface area contributed by atoms with E-state index in [1.807, 2.05) is 6.92 Å². The lowest BCUT2D eigenvalue weighted by atomic mass is 10.0. The van der Waals surface area contributed by atoms with E-state index in [2.05, 4.69) is 42.0 Å². The third-order valence-corrected chi connectivity index (χ3v) is 4.06. The monoisotopic (exact) mass is 289 g/mol. The molecule has 0 bridgehead atoms. The van der Waals surface area contributed by atoms with Gasteiger partial charge in [-0.2, -0.15) is 0 Å². The maximum atomic E-state index is 11.4. The number of rotatable bonds is 4. The predicted molar refractivity (Wildman–Crippen MR) is 83.2 cm³/mol. The molecule has 0 aliphatic carbocycles. The molecule has 1 atom stereocenters. The first-order valence-corrected chi connectivity index (χ1v) is 7.48. The number of aromatic amines is 1. The van der Waals surface area contributed by atoms with Crippen LogP contribution in [0.3, 0.4) is 0 Å². The van der Waals surface area contributed by atoms with E-state index < -0.39 is 0 Å². The van der Waals surface area contributed by atoms with E-state index in [-0.39, 0.29) is 11.6 Å². The number of nitrogens with zero attached hydrogens (tertiary/aromatic N) is 1. The Morgan fingerprint density at radius 2 is 2.05 bits per heavy atom. The Morgan fingerprint density at radius 1 is 1.30 bits per heavy atom. The van der Waals surface area contributed by atoms with E-state index in [0.29, 0.717) is 10.9 Å². The van der Waals surface area contributed by atoms with Crippen molar-refractivity contribution in [3.8, 4) is 0 Å². The normalized spacial score (nSPS) is 12.4. The Labute approximate surface area is 122 Å². The lowest BCUT2D eigenvalue weighted by molar-refractivity contribution is 0.815. The second-order valence-electron chi connectivity index (χ2n) is 4.97. The smallest absolute Gasteiger partial charge is 0.251 e. The third-order valence-electron chi connectivity index (χ3n) is 3.07. The molecule has 1 aromatic heterocycles. The van der Waals surface area contributed by atoms with E-state index in [0.717, 1.165) is 11.3 Å². The molecule has 2 aromatic rings. The van der Waals surface area contributed by atoms with E-state index in [9.17, 15) is 4.79 Å². The van der Waals surface area contributed by atoms with Crippen LogP contribution < -0.4 is 11.3 Å². The van der Waals surface area contributed by atoms with Gasteiger partial charge in [-0.05, 0) is 31.9 Å². The SMILES string of the molecule is Cc1ccc(C(N)CSc2nc(C)cc(=O)[nH]2)c(C)c1. The van der Waals surface area contributed by atoms with Crippen molar-refractivity contribution >= 4 is 11.8 Å². The number of thioether (sulfide) groups is 1. The van der Waals surface area contributed by atoms with E-state index in [1.165, 1.54) is 29.0 Å². The fourth-order valence-electron chi connectivity index (χ4n) is 2.12. The summed E-state index contributed by atoms with van der Waals surface area (Å²) >= 11 is 1.47. The van der Waals surface area contributed by atoms with Gasteiger partial charge in [-0.25, -0.2) is 4.98 Å². The molecule has 0 spiro atoms. The number of nitrogens with two attached hydrogens (primary N) is 1. The molecule has 0 fully saturated rings. The van der Waals surface area contributed by atoms with Crippen molar-refractivity contribution in [2.45, 2.75) is 32.0 Å². The van der Waals surface area contributed by atoms with Crippen LogP contribution in [0, 0.1) is 20.8 Å². The lowest BCUT2D eigenvalue weighted by Gasteiger charge is -2.14. The average molecular weight is 289 g/mol. The number of nitrogens with one attached hydrogen (secondary N) is 1. The topological polar surface area (TPSA) is 71.8 Å². The molecule has 0 amide bonds. The Morgan fingerprint density at radius 3 is 2.70 bits per heavy atom. The second-order valence-corrected chi connectivity index (χ2v) is 5.98. The maximum Gasteiger partial charge on any atom is 0.251 e. The van der Waals surface area contributed by atoms with Crippen molar-refractivity contribution in [2.75, 3.05) is 5.75 Å². The molecule has 0 saturated heterocycles. The Bertz CT molecular complexity index is 666. The molecule has 1 heterocycles. The molecular weight excluding hydrogens is 270 g/mol. The van der Waals surface area contributed by atoms with E-state index in [1.54, 1.807) is 0 Å². The van der Waals surface area contributed by atoms with Gasteiger partial charge in [0.15, 0.2) is 5.16 Å². The second kappa shape index (κ2) is 6.24. The molecule has 0 saturated carbocycles. The zero-order valence-electron chi connectivity index (χ0n) is 11.9. The van der Waals surface area contributed by atoms with Gasteiger partial charge >= 0.3 is 0 Å². The standard InChI is InChI=1S/C15H19N3OS/c1-9-4-5-12(10(2)6-9)13(16)8-20-15-17-11(3)7-14(19)18-15/h4-7,13H,8,16H2,1-3H3,(H,17,18,19). The van der Waals surface area contributed by atoms with E-state index in [4.69, 9.17) is 5.73 Å². The van der Waals surface area contributed by atoms with Crippen LogP contribution in [0.1, 0.15) is 28.4 Å². The fourth-order valence-corrected chi connectivity index (χ4v) is 3.02. The van der Waals surface area contributed by atoms with Gasteiger partial charge in [0.1, 0.15) is 0 Å². The number of aryl methyl sites for hydroxylation is 3. The zero-order chi connectivity index (χ0) is 14.7. The quantitative estimate of drug-likeness (QED) is 0.670. The molecule has 20 heavy (non-hydrogen) atoms. The van der Waals surface area contributed by atoms with Crippen LogP contribution in [0.4, 0.5) is 0 Å². The van der Waals surface area contributed by atoms with Crippen LogP contribution >= 0.6 is 11.8 Å². The summed E-state index contributed by atoms with van der Waals surface area (Å²) in [5.41, 5.74) is 10.4. The zero-order valence-corrected chi connectivity index (χ0v) is 12.8. The average Bonchev–Trinajstić information content (AvgIpc) is 2.35. The van der Waals surface area contributed by atoms with Crippen LogP contribution in [-0.2, 0) is 0 Å². The molecule has 2 rings (SSSR count). The highest BCUT2D eigenvalue weighted by Gasteiger charge is 2.10. The minimum atomic E-state index is -0.125. The predicted octanol–water partition coefficient (Wildman–Crippen LogP) is 2.49. The molecule has 1 aromatic carbocycles. The Kier molecular flexibility index (Phi) is 4.62. The van der Waals surface area contributed by atoms with Gasteiger partial charge in [0, 0.05) is 23.6 Å². The van der Waals surface area contributed by atoms with Gasteiger partial charge in [0.05, 0.1) is 0 Å². The highest BCUT2D eigenvalue weighted by Crippen LogP contribution is 2.23. The van der Waals surface area contributed by atoms with Crippen molar-refractivity contribution in [1.29, 1.82) is 0 Å². The minimum absolute atomic E-state index is 0.0774. The molecule has 3 N–H and O–H groups in total. The first-order valence-electron chi connectivity index (χ1n) is 6.49. The Balaban J connectivity index is 2.08. The molecule has 0 aliphatic rings. The molecule has 106 valence electrons. The summed E-state index contributed by atoms with van der Waals surface area (Å²) in [5.74, 6) is 0.677. The lowest BCUT2D eigenvalue weighted by Crippen LogP contribution is -2.15. The van der Waals surface area contributed by atoms with Gasteiger partial charge in [0.2, 0.25) is 0 Å². The van der Waals surface area contributed by atoms with Crippen molar-refractivity contribution in [3.63, 3.8) is 0 Å². The fraction of sp³-hybridized carbons (Fsp3) is 0.333. The molecule has 5 heteroatoms. The first-order chi connectivity index (χ1) is 9.45. The van der Waals surface area contributed by atoms with Crippen LogP contribution in [0.25, 0.3) is 0 Å². The van der Waals surface area contributed by atoms with Crippen LogP contribution in [0.15, 0.2) is 34.2 Å². The molecular formula is C15H19N3OS. The van der Waals surface area contributed by atoms with Gasteiger partial charge in [-0.15, -0.1) is 0 Å². The summed E-state index contributed by atoms with van der Waals surface area (Å²) in [6.45, 7) is 5.95. The van der Waals surface area contributed by atoms with Crippen molar-refractivity contribution in [2.24, 2.45) is 5.73 Å². The third kappa shape index (κ3) is 3.71.